The van der Waals surface area contributed by atoms with Crippen LogP contribution in [0.3, 0.4) is 0 Å². The fourth-order valence-electron chi connectivity index (χ4n) is 5.60. The summed E-state index contributed by atoms with van der Waals surface area (Å²) in [5.74, 6) is 0.717. The highest BCUT2D eigenvalue weighted by Crippen LogP contribution is 2.42. The molecule has 4 unspecified atom stereocenters. The zero-order chi connectivity index (χ0) is 22.8. The number of benzene rings is 2. The molecule has 33 heavy (non-hydrogen) atoms. The van der Waals surface area contributed by atoms with E-state index in [1.165, 1.54) is 12.8 Å². The van der Waals surface area contributed by atoms with Gasteiger partial charge in [0.1, 0.15) is 5.38 Å². The number of halogens is 1. The molecule has 0 aromatic heterocycles. The molecule has 0 bridgehead atoms. The Morgan fingerprint density at radius 1 is 1.03 bits per heavy atom. The fraction of sp³-hybridized carbons (Fsp3) is 0.481. The molecular formula is C27H31ClN2O3. The van der Waals surface area contributed by atoms with Gasteiger partial charge in [0.05, 0.1) is 12.2 Å². The topological polar surface area (TPSA) is 58.6 Å². The molecule has 174 valence electrons. The Hall–Kier alpha value is -2.37. The molecular weight excluding hydrogens is 436 g/mol. The number of anilines is 1. The van der Waals surface area contributed by atoms with Crippen molar-refractivity contribution in [2.45, 2.75) is 56.1 Å². The van der Waals surface area contributed by atoms with Crippen molar-refractivity contribution in [2.24, 2.45) is 11.8 Å². The highest BCUT2D eigenvalue weighted by molar-refractivity contribution is 6.32. The van der Waals surface area contributed by atoms with Crippen LogP contribution in [0.15, 0.2) is 54.6 Å². The van der Waals surface area contributed by atoms with Crippen LogP contribution in [-0.4, -0.2) is 35.9 Å². The number of fused-ring (bicyclic) bond motifs is 1. The number of rotatable bonds is 5. The van der Waals surface area contributed by atoms with Gasteiger partial charge in [-0.3, -0.25) is 9.59 Å². The summed E-state index contributed by atoms with van der Waals surface area (Å²) in [6.45, 7) is 1.61. The number of carbonyl (C=O) groups is 2. The van der Waals surface area contributed by atoms with Crippen LogP contribution in [0.2, 0.25) is 0 Å². The van der Waals surface area contributed by atoms with Crippen LogP contribution in [0.25, 0.3) is 0 Å². The van der Waals surface area contributed by atoms with Gasteiger partial charge in [-0.05, 0) is 48.9 Å². The van der Waals surface area contributed by atoms with Crippen molar-refractivity contribution in [3.05, 3.63) is 65.7 Å². The van der Waals surface area contributed by atoms with E-state index in [0.29, 0.717) is 11.8 Å². The third kappa shape index (κ3) is 4.95. The first-order chi connectivity index (χ1) is 16.1. The number of alkyl halides is 1. The summed E-state index contributed by atoms with van der Waals surface area (Å²) >= 11 is 6.37. The van der Waals surface area contributed by atoms with E-state index < -0.39 is 5.38 Å². The predicted octanol–water partition coefficient (Wildman–Crippen LogP) is 5.47. The Kier molecular flexibility index (Phi) is 6.70. The predicted molar refractivity (Wildman–Crippen MR) is 129 cm³/mol. The van der Waals surface area contributed by atoms with Crippen molar-refractivity contribution in [3.8, 4) is 0 Å². The van der Waals surface area contributed by atoms with E-state index in [-0.39, 0.29) is 24.0 Å². The maximum absolute atomic E-state index is 12.9. The largest absolute Gasteiger partial charge is 0.370 e. The number of piperidine rings is 1. The third-order valence-corrected chi connectivity index (χ3v) is 7.83. The molecule has 2 heterocycles. The molecule has 2 saturated heterocycles. The van der Waals surface area contributed by atoms with Crippen LogP contribution in [0.5, 0.6) is 0 Å². The quantitative estimate of drug-likeness (QED) is 0.594. The van der Waals surface area contributed by atoms with Gasteiger partial charge in [-0.25, -0.2) is 0 Å². The third-order valence-electron chi connectivity index (χ3n) is 7.38. The van der Waals surface area contributed by atoms with Crippen LogP contribution >= 0.6 is 11.6 Å². The van der Waals surface area contributed by atoms with Gasteiger partial charge >= 0.3 is 0 Å². The van der Waals surface area contributed by atoms with Crippen LogP contribution in [0.1, 0.15) is 61.1 Å². The minimum atomic E-state index is -0.746. The van der Waals surface area contributed by atoms with E-state index in [0.717, 1.165) is 55.6 Å². The molecule has 2 aromatic rings. The van der Waals surface area contributed by atoms with Gasteiger partial charge in [0.15, 0.2) is 0 Å². The molecule has 4 atom stereocenters. The van der Waals surface area contributed by atoms with Gasteiger partial charge in [-0.2, -0.15) is 0 Å². The molecule has 2 aliphatic heterocycles. The Labute approximate surface area is 200 Å². The minimum Gasteiger partial charge on any atom is -0.370 e. The average molecular weight is 467 g/mol. The minimum absolute atomic E-state index is 0.0145. The van der Waals surface area contributed by atoms with Crippen LogP contribution in [-0.2, 0) is 14.3 Å². The molecule has 2 aromatic carbocycles. The number of ether oxygens (including phenoxy) is 1. The highest BCUT2D eigenvalue weighted by Gasteiger charge is 2.41. The van der Waals surface area contributed by atoms with E-state index >= 15 is 0 Å². The lowest BCUT2D eigenvalue weighted by Gasteiger charge is -2.35. The Bertz CT molecular complexity index is 992. The number of likely N-dealkylation sites (tertiary alicyclic amines) is 1. The van der Waals surface area contributed by atoms with E-state index in [1.807, 2.05) is 48.5 Å². The fourth-order valence-corrected chi connectivity index (χ4v) is 5.80. The van der Waals surface area contributed by atoms with E-state index in [2.05, 4.69) is 16.3 Å². The Balaban J connectivity index is 1.21. The van der Waals surface area contributed by atoms with Crippen molar-refractivity contribution >= 4 is 29.1 Å². The molecule has 1 N–H and O–H groups in total. The zero-order valence-corrected chi connectivity index (χ0v) is 19.5. The standard InChI is InChI=1S/C27H31ClN2O3/c28-25(18-7-2-1-3-8-18)26(31)29-22-12-6-11-20(15-22)24-16-21-17-30(14-13-23(21)33-24)27(32)19-9-4-5-10-19/h1-3,6-8,11-12,15,19,21,23-25H,4-5,9-10,13-14,16-17H2,(H,29,31). The normalized spacial score (nSPS) is 26.1. The van der Waals surface area contributed by atoms with Crippen molar-refractivity contribution in [1.82, 2.24) is 4.90 Å². The first-order valence-electron chi connectivity index (χ1n) is 12.1. The number of hydrogen-bond acceptors (Lipinski definition) is 3. The van der Waals surface area contributed by atoms with Crippen molar-refractivity contribution in [3.63, 3.8) is 0 Å². The number of nitrogens with one attached hydrogen (secondary N) is 1. The summed E-state index contributed by atoms with van der Waals surface area (Å²) < 4.78 is 6.40. The lowest BCUT2D eigenvalue weighted by Crippen LogP contribution is -2.46. The first kappa shape index (κ1) is 22.4. The molecule has 6 heteroatoms. The number of nitrogens with zero attached hydrogens (tertiary/aromatic N) is 1. The summed E-state index contributed by atoms with van der Waals surface area (Å²) in [6, 6.07) is 17.2. The van der Waals surface area contributed by atoms with Gasteiger partial charge in [-0.15, -0.1) is 11.6 Å². The van der Waals surface area contributed by atoms with Gasteiger partial charge in [0.25, 0.3) is 0 Å². The maximum Gasteiger partial charge on any atom is 0.246 e. The van der Waals surface area contributed by atoms with Gasteiger partial charge < -0.3 is 15.0 Å². The molecule has 2 amide bonds. The first-order valence-corrected chi connectivity index (χ1v) is 12.6. The second-order valence-electron chi connectivity index (χ2n) is 9.60. The van der Waals surface area contributed by atoms with Crippen LogP contribution < -0.4 is 5.32 Å². The van der Waals surface area contributed by atoms with E-state index in [1.54, 1.807) is 0 Å². The lowest BCUT2D eigenvalue weighted by atomic mass is 9.90. The van der Waals surface area contributed by atoms with Crippen molar-refractivity contribution < 1.29 is 14.3 Å². The molecule has 3 fully saturated rings. The number of amides is 2. The second-order valence-corrected chi connectivity index (χ2v) is 10.0. The van der Waals surface area contributed by atoms with Gasteiger partial charge in [0, 0.05) is 30.6 Å². The average Bonchev–Trinajstić information content (AvgIpc) is 3.53. The lowest BCUT2D eigenvalue weighted by molar-refractivity contribution is -0.138. The molecule has 3 aliphatic rings. The summed E-state index contributed by atoms with van der Waals surface area (Å²) in [4.78, 5) is 27.6. The van der Waals surface area contributed by atoms with Crippen molar-refractivity contribution in [2.75, 3.05) is 18.4 Å². The van der Waals surface area contributed by atoms with Crippen LogP contribution in [0, 0.1) is 11.8 Å². The Morgan fingerprint density at radius 2 is 1.82 bits per heavy atom. The molecule has 1 saturated carbocycles. The molecule has 5 rings (SSSR count). The highest BCUT2D eigenvalue weighted by atomic mass is 35.5. The molecule has 0 radical (unpaired) electrons. The molecule has 1 aliphatic carbocycles. The second kappa shape index (κ2) is 9.86. The summed E-state index contributed by atoms with van der Waals surface area (Å²) in [5, 5.41) is 2.19. The smallest absolute Gasteiger partial charge is 0.246 e. The summed E-state index contributed by atoms with van der Waals surface area (Å²) in [6.07, 6.45) is 6.46. The maximum atomic E-state index is 12.9. The number of carbonyl (C=O) groups excluding carboxylic acids is 2. The van der Waals surface area contributed by atoms with Gasteiger partial charge in [-0.1, -0.05) is 55.3 Å². The monoisotopic (exact) mass is 466 g/mol. The Morgan fingerprint density at radius 3 is 2.61 bits per heavy atom. The summed E-state index contributed by atoms with van der Waals surface area (Å²) in [7, 11) is 0. The van der Waals surface area contributed by atoms with Gasteiger partial charge in [0.2, 0.25) is 11.8 Å². The van der Waals surface area contributed by atoms with E-state index in [9.17, 15) is 9.59 Å². The SMILES string of the molecule is O=C(Nc1cccc(C2CC3CN(C(=O)C4CCCC4)CCC3O2)c1)C(Cl)c1ccccc1. The van der Waals surface area contributed by atoms with Crippen molar-refractivity contribution in [1.29, 1.82) is 0 Å². The summed E-state index contributed by atoms with van der Waals surface area (Å²) in [5.41, 5.74) is 2.55. The molecule has 0 spiro atoms. The van der Waals surface area contributed by atoms with E-state index in [4.69, 9.17) is 16.3 Å². The van der Waals surface area contributed by atoms with Crippen LogP contribution in [0.4, 0.5) is 5.69 Å². The molecule has 5 nitrogen and oxygen atoms in total. The number of hydrogen-bond donors (Lipinski definition) is 1. The zero-order valence-electron chi connectivity index (χ0n) is 18.8.